The van der Waals surface area contributed by atoms with Gasteiger partial charge in [-0.3, -0.25) is 9.69 Å². The molecular formula is C64H59Br2N19O9S. The van der Waals surface area contributed by atoms with Crippen LogP contribution in [-0.4, -0.2) is 120 Å². The number of ether oxygens (including phenoxy) is 3. The summed E-state index contributed by atoms with van der Waals surface area (Å²) in [5.41, 5.74) is 22.7. The Morgan fingerprint density at radius 3 is 1.67 bits per heavy atom. The Labute approximate surface area is 559 Å². The Morgan fingerprint density at radius 2 is 1.11 bits per heavy atom. The molecule has 0 radical (unpaired) electrons. The molecule has 12 aromatic rings. The molecule has 7 aromatic heterocycles. The number of hydrogen-bond acceptors (Lipinski definition) is 23. The van der Waals surface area contributed by atoms with Crippen LogP contribution in [0.5, 0.6) is 0 Å². The van der Waals surface area contributed by atoms with Crippen molar-refractivity contribution in [3.05, 3.63) is 184 Å². The van der Waals surface area contributed by atoms with Gasteiger partial charge >= 0.3 is 18.2 Å². The molecule has 95 heavy (non-hydrogen) atoms. The van der Waals surface area contributed by atoms with Crippen LogP contribution in [0.3, 0.4) is 0 Å². The molecule has 3 amide bonds. The number of nitrogen functional groups attached to an aromatic ring is 3. The number of hydrogen-bond donors (Lipinski definition) is 5. The number of fused-ring (bicyclic) bond motifs is 4. The van der Waals surface area contributed by atoms with Crippen molar-refractivity contribution in [3.8, 4) is 34.6 Å². The molecule has 0 unspecified atom stereocenters. The molecule has 1 aliphatic rings. The molecule has 8 N–H and O–H groups in total. The number of anilines is 5. The standard InChI is InChI=1S/C28H30BrN5O6S.C19H14N6O.C11H8BrN5.C6H7N3O2/c1-17-12-14-18(15-13-17)41(37,38)34-20-11-9-8-10-19(20)31-24(34)22-23(30-16-21(29)32-22)33(25(35)39-27(2,3)4)26(36)40-28(5,6)7;20-17-16(18-22-13-7-3-4-8-14(13)23-18)24-15(9-21-17)25-10-11-5-1-2-6-12(11)19(25)26;12-8-5-14-10(13)9(17-8)11-15-6-3-1-2-4-7(6)16-11;1-11-6(10)4-5(7)9-3-2-8-4/h8-16H,1-7H3;1-9H,10H2,(H2,20,21)(H,22,23);1-5H,(H2,13,14)(H,15,16);2-3H,1H3,(H2,7,9). The van der Waals surface area contributed by atoms with Crippen LogP contribution in [0.1, 0.15) is 73.5 Å². The zero-order valence-electron chi connectivity index (χ0n) is 52.0. The second-order valence-corrected chi connectivity index (χ2v) is 26.0. The number of aryl methyl sites for hydroxylation is 1. The predicted octanol–water partition coefficient (Wildman–Crippen LogP) is 11.5. The normalized spacial score (nSPS) is 12.0. The van der Waals surface area contributed by atoms with Gasteiger partial charge in [-0.2, -0.15) is 4.90 Å². The lowest BCUT2D eigenvalue weighted by Crippen LogP contribution is -2.44. The van der Waals surface area contributed by atoms with Gasteiger partial charge in [0, 0.05) is 18.0 Å². The Hall–Kier alpha value is -11.2. The van der Waals surface area contributed by atoms with Crippen LogP contribution in [0.25, 0.3) is 67.7 Å². The molecule has 28 nitrogen and oxygen atoms in total. The van der Waals surface area contributed by atoms with Crippen LogP contribution in [-0.2, 0) is 30.8 Å². The average Bonchev–Trinajstić information content (AvgIpc) is 1.66. The first-order chi connectivity index (χ1) is 45.2. The molecular weight excluding hydrogens is 1370 g/mol. The van der Waals surface area contributed by atoms with E-state index in [1.165, 1.54) is 44.0 Å². The summed E-state index contributed by atoms with van der Waals surface area (Å²) in [5, 5.41) is 0. The Balaban J connectivity index is 0.000000154. The largest absolute Gasteiger partial charge is 0.464 e. The molecule has 0 bridgehead atoms. The number of esters is 1. The minimum absolute atomic E-state index is 0.00755. The molecule has 0 aliphatic carbocycles. The van der Waals surface area contributed by atoms with Gasteiger partial charge in [0.25, 0.3) is 15.9 Å². The Kier molecular flexibility index (Phi) is 19.4. The Morgan fingerprint density at radius 1 is 0.589 bits per heavy atom. The van der Waals surface area contributed by atoms with Gasteiger partial charge in [-0.1, -0.05) is 72.3 Å². The van der Waals surface area contributed by atoms with E-state index in [-0.39, 0.29) is 55.6 Å². The smallest absolute Gasteiger partial charge is 0.425 e. The highest BCUT2D eigenvalue weighted by Crippen LogP contribution is 2.36. The summed E-state index contributed by atoms with van der Waals surface area (Å²) in [4.78, 5) is 106. The lowest BCUT2D eigenvalue weighted by atomic mass is 10.1. The third kappa shape index (κ3) is 15.2. The van der Waals surface area contributed by atoms with Gasteiger partial charge in [-0.05, 0) is 140 Å². The van der Waals surface area contributed by atoms with E-state index >= 15 is 0 Å². The number of carbonyl (C=O) groups excluding carboxylic acids is 4. The third-order valence-electron chi connectivity index (χ3n) is 13.4. The van der Waals surface area contributed by atoms with Crippen LogP contribution in [0.4, 0.5) is 38.7 Å². The SMILES string of the molecule is COC(=O)c1nccnc1N.Cc1ccc(S(=O)(=O)n2c(-c3nc(Br)cnc3N(C(=O)OC(C)(C)C)C(=O)OC(C)(C)C)nc3ccccc32)cc1.Nc1ncc(Br)nc1-c1nc2ccccc2[nH]1.Nc1ncc(N2Cc3ccccc3C2=O)nc1-c1nc2ccccc2[nH]1. The number of nitrogens with two attached hydrogens (primary N) is 3. The molecule has 31 heteroatoms. The molecule has 1 aliphatic heterocycles. The number of nitrogens with zero attached hydrogens (tertiary/aromatic N) is 14. The number of aromatic amines is 2. The average molecular weight is 1430 g/mol. The van der Waals surface area contributed by atoms with Crippen molar-refractivity contribution in [3.63, 3.8) is 0 Å². The number of rotatable bonds is 8. The van der Waals surface area contributed by atoms with Crippen LogP contribution in [0.15, 0.2) is 166 Å². The van der Waals surface area contributed by atoms with Crippen LogP contribution < -0.4 is 27.0 Å². The van der Waals surface area contributed by atoms with Crippen LogP contribution in [0.2, 0.25) is 0 Å². The number of halogens is 2. The van der Waals surface area contributed by atoms with Gasteiger partial charge in [-0.25, -0.2) is 81.6 Å². The van der Waals surface area contributed by atoms with E-state index < -0.39 is 39.4 Å². The summed E-state index contributed by atoms with van der Waals surface area (Å²) in [6.45, 7) is 12.1. The van der Waals surface area contributed by atoms with Gasteiger partial charge in [0.05, 0.1) is 70.2 Å². The summed E-state index contributed by atoms with van der Waals surface area (Å²) in [6, 6.07) is 36.0. The zero-order chi connectivity index (χ0) is 68.1. The predicted molar refractivity (Wildman–Crippen MR) is 363 cm³/mol. The second-order valence-electron chi connectivity index (χ2n) is 22.6. The van der Waals surface area contributed by atoms with E-state index in [0.29, 0.717) is 61.8 Å². The molecule has 0 saturated heterocycles. The number of benzene rings is 5. The Bertz CT molecular complexity index is 4920. The number of para-hydroxylation sites is 6. The van der Waals surface area contributed by atoms with Gasteiger partial charge in [0.2, 0.25) is 0 Å². The quantitative estimate of drug-likeness (QED) is 0.0697. The van der Waals surface area contributed by atoms with E-state index in [2.05, 4.69) is 101 Å². The van der Waals surface area contributed by atoms with Crippen LogP contribution >= 0.6 is 31.9 Å². The van der Waals surface area contributed by atoms with Crippen molar-refractivity contribution in [2.75, 3.05) is 34.1 Å². The monoisotopic (exact) mass is 1430 g/mol. The van der Waals surface area contributed by atoms with Crippen LogP contribution in [0, 0.1) is 6.92 Å². The fraction of sp³-hybridized carbons (Fsp3) is 0.172. The van der Waals surface area contributed by atoms with E-state index in [0.717, 1.165) is 37.2 Å². The van der Waals surface area contributed by atoms with Gasteiger partial charge in [0.1, 0.15) is 26.1 Å². The minimum Gasteiger partial charge on any atom is -0.464 e. The number of carbonyl (C=O) groups is 4. The summed E-state index contributed by atoms with van der Waals surface area (Å²) in [6.07, 6.45) is 4.95. The van der Waals surface area contributed by atoms with Crippen molar-refractivity contribution < 1.29 is 41.8 Å². The first-order valence-electron chi connectivity index (χ1n) is 28.6. The second kappa shape index (κ2) is 27.6. The molecule has 484 valence electrons. The summed E-state index contributed by atoms with van der Waals surface area (Å²) < 4.78 is 45.4. The van der Waals surface area contributed by atoms with Crippen molar-refractivity contribution in [1.82, 2.24) is 68.8 Å². The number of amides is 3. The van der Waals surface area contributed by atoms with E-state index in [9.17, 15) is 27.6 Å². The van der Waals surface area contributed by atoms with Crippen molar-refractivity contribution in [2.45, 2.75) is 71.1 Å². The minimum atomic E-state index is -4.25. The first kappa shape index (κ1) is 66.7. The number of aromatic nitrogens is 14. The number of imidazole rings is 3. The highest BCUT2D eigenvalue weighted by atomic mass is 79.9. The maximum atomic E-state index is 14.1. The fourth-order valence-corrected chi connectivity index (χ4v) is 11.2. The number of methoxy groups -OCH3 is 1. The fourth-order valence-electron chi connectivity index (χ4n) is 9.17. The van der Waals surface area contributed by atoms with E-state index in [4.69, 9.17) is 26.7 Å². The van der Waals surface area contributed by atoms with Gasteiger partial charge < -0.3 is 41.4 Å². The molecule has 5 aromatic carbocycles. The molecule has 0 fully saturated rings. The van der Waals surface area contributed by atoms with Crippen molar-refractivity contribution >= 4 is 128 Å². The molecule has 13 rings (SSSR count). The number of H-pyrrole nitrogens is 2. The summed E-state index contributed by atoms with van der Waals surface area (Å²) >= 11 is 6.54. The maximum absolute atomic E-state index is 14.1. The zero-order valence-corrected chi connectivity index (χ0v) is 56.0. The lowest BCUT2D eigenvalue weighted by molar-refractivity contribution is 0.0427. The number of imide groups is 1. The van der Waals surface area contributed by atoms with Gasteiger partial charge in [0.15, 0.2) is 63.6 Å². The first-order valence-corrected chi connectivity index (χ1v) is 31.6. The third-order valence-corrected chi connectivity index (χ3v) is 15.9. The topological polar surface area (TPSA) is 393 Å². The van der Waals surface area contributed by atoms with Gasteiger partial charge in [-0.15, -0.1) is 0 Å². The maximum Gasteiger partial charge on any atom is 0.425 e. The molecule has 0 spiro atoms. The molecule has 0 atom stereocenters. The van der Waals surface area contributed by atoms with Crippen molar-refractivity contribution in [2.24, 2.45) is 0 Å². The highest BCUT2D eigenvalue weighted by molar-refractivity contribution is 9.10. The molecule has 8 heterocycles. The van der Waals surface area contributed by atoms with E-state index in [1.807, 2.05) is 79.7 Å². The molecule has 0 saturated carbocycles. The lowest BCUT2D eigenvalue weighted by Gasteiger charge is -2.28. The highest BCUT2D eigenvalue weighted by Gasteiger charge is 2.38. The summed E-state index contributed by atoms with van der Waals surface area (Å²) in [7, 11) is -2.99. The number of nitrogens with one attached hydrogen (secondary N) is 2. The van der Waals surface area contributed by atoms with Crippen molar-refractivity contribution in [1.29, 1.82) is 0 Å². The summed E-state index contributed by atoms with van der Waals surface area (Å²) in [5.74, 6) is 1.14. The van der Waals surface area contributed by atoms with E-state index in [1.54, 1.807) is 89.0 Å².